The van der Waals surface area contributed by atoms with Crippen molar-refractivity contribution in [1.82, 2.24) is 0 Å². The van der Waals surface area contributed by atoms with Crippen molar-refractivity contribution >= 4 is 0 Å². The zero-order chi connectivity index (χ0) is 11.9. The van der Waals surface area contributed by atoms with Gasteiger partial charge in [-0.15, -0.1) is 0 Å². The summed E-state index contributed by atoms with van der Waals surface area (Å²) in [7, 11) is 0. The summed E-state index contributed by atoms with van der Waals surface area (Å²) >= 11 is 0. The van der Waals surface area contributed by atoms with E-state index in [1.54, 1.807) is 0 Å². The molecule has 1 aromatic carbocycles. The molecule has 0 spiro atoms. The van der Waals surface area contributed by atoms with Gasteiger partial charge in [0.05, 0.1) is 5.56 Å². The van der Waals surface area contributed by atoms with Crippen LogP contribution in [0.25, 0.3) is 0 Å². The Labute approximate surface area is 93.5 Å². The standard InChI is InChI=1S/C13H15F3/c1-8(2)11-7-12(11)9-4-3-5-10(6-9)13(14,15)16/h3-6,8,11-12H,7H2,1-2H3/t11-,12-/m0/s1. The molecule has 2 rings (SSSR count). The van der Waals surface area contributed by atoms with Crippen molar-refractivity contribution in [1.29, 1.82) is 0 Å². The van der Waals surface area contributed by atoms with E-state index in [4.69, 9.17) is 0 Å². The lowest BCUT2D eigenvalue weighted by molar-refractivity contribution is -0.137. The number of halogens is 3. The molecular formula is C13H15F3. The quantitative estimate of drug-likeness (QED) is 0.700. The van der Waals surface area contributed by atoms with Gasteiger partial charge < -0.3 is 0 Å². The van der Waals surface area contributed by atoms with Gasteiger partial charge >= 0.3 is 6.18 Å². The average Bonchev–Trinajstić information content (AvgIpc) is 2.96. The smallest absolute Gasteiger partial charge is 0.166 e. The van der Waals surface area contributed by atoms with Crippen molar-refractivity contribution < 1.29 is 13.2 Å². The van der Waals surface area contributed by atoms with Crippen LogP contribution in [0.15, 0.2) is 24.3 Å². The molecule has 0 saturated heterocycles. The Kier molecular flexibility index (Phi) is 2.72. The fraction of sp³-hybridized carbons (Fsp3) is 0.538. The molecule has 16 heavy (non-hydrogen) atoms. The van der Waals surface area contributed by atoms with E-state index in [1.807, 2.05) is 6.07 Å². The summed E-state index contributed by atoms with van der Waals surface area (Å²) in [5.41, 5.74) is 0.313. The first-order valence-electron chi connectivity index (χ1n) is 5.56. The van der Waals surface area contributed by atoms with E-state index in [1.165, 1.54) is 12.1 Å². The maximum Gasteiger partial charge on any atom is 0.416 e. The highest BCUT2D eigenvalue weighted by Gasteiger charge is 2.41. The van der Waals surface area contributed by atoms with Crippen molar-refractivity contribution in [2.75, 3.05) is 0 Å². The highest BCUT2D eigenvalue weighted by atomic mass is 19.4. The van der Waals surface area contributed by atoms with Crippen LogP contribution < -0.4 is 0 Å². The predicted molar refractivity (Wildman–Crippen MR) is 57.1 cm³/mol. The van der Waals surface area contributed by atoms with Crippen LogP contribution in [0, 0.1) is 11.8 Å². The summed E-state index contributed by atoms with van der Waals surface area (Å²) in [5.74, 6) is 1.45. The Morgan fingerprint density at radius 1 is 1.25 bits per heavy atom. The summed E-state index contributed by atoms with van der Waals surface area (Å²) in [6.07, 6.45) is -3.20. The third-order valence-electron chi connectivity index (χ3n) is 3.34. The van der Waals surface area contributed by atoms with Crippen LogP contribution in [0.4, 0.5) is 13.2 Å². The van der Waals surface area contributed by atoms with Gasteiger partial charge in [-0.25, -0.2) is 0 Å². The number of hydrogen-bond acceptors (Lipinski definition) is 0. The maximum absolute atomic E-state index is 12.5. The Morgan fingerprint density at radius 2 is 1.94 bits per heavy atom. The minimum absolute atomic E-state index is 0.335. The third-order valence-corrected chi connectivity index (χ3v) is 3.34. The highest BCUT2D eigenvalue weighted by Crippen LogP contribution is 2.52. The van der Waals surface area contributed by atoms with Crippen molar-refractivity contribution in [2.24, 2.45) is 11.8 Å². The van der Waals surface area contributed by atoms with E-state index in [9.17, 15) is 13.2 Å². The highest BCUT2D eigenvalue weighted by molar-refractivity contribution is 5.32. The second-order valence-corrected chi connectivity index (χ2v) is 4.87. The molecule has 0 unspecified atom stereocenters. The minimum atomic E-state index is -4.22. The minimum Gasteiger partial charge on any atom is -0.166 e. The predicted octanol–water partition coefficient (Wildman–Crippen LogP) is 4.46. The lowest BCUT2D eigenvalue weighted by atomic mass is 10.0. The average molecular weight is 228 g/mol. The van der Waals surface area contributed by atoms with Gasteiger partial charge in [0.15, 0.2) is 0 Å². The molecule has 0 aliphatic heterocycles. The van der Waals surface area contributed by atoms with Crippen molar-refractivity contribution in [3.8, 4) is 0 Å². The van der Waals surface area contributed by atoms with Gasteiger partial charge in [0.2, 0.25) is 0 Å². The van der Waals surface area contributed by atoms with E-state index in [2.05, 4.69) is 13.8 Å². The van der Waals surface area contributed by atoms with Gasteiger partial charge in [0.1, 0.15) is 0 Å². The van der Waals surface area contributed by atoms with Gasteiger partial charge in [-0.05, 0) is 35.8 Å². The van der Waals surface area contributed by atoms with Crippen LogP contribution in [0.2, 0.25) is 0 Å². The van der Waals surface area contributed by atoms with Crippen LogP contribution in [-0.2, 0) is 6.18 Å². The lowest BCUT2D eigenvalue weighted by Gasteiger charge is -2.09. The fourth-order valence-corrected chi connectivity index (χ4v) is 2.28. The van der Waals surface area contributed by atoms with Crippen LogP contribution in [0.3, 0.4) is 0 Å². The van der Waals surface area contributed by atoms with Crippen LogP contribution in [0.1, 0.15) is 37.3 Å². The second-order valence-electron chi connectivity index (χ2n) is 4.87. The molecule has 0 aromatic heterocycles. The second kappa shape index (κ2) is 3.79. The third kappa shape index (κ3) is 2.23. The molecule has 1 fully saturated rings. The maximum atomic E-state index is 12.5. The number of hydrogen-bond donors (Lipinski definition) is 0. The molecule has 0 nitrogen and oxygen atoms in total. The SMILES string of the molecule is CC(C)[C@@H]1C[C@H]1c1cccc(C(F)(F)F)c1. The number of rotatable bonds is 2. The van der Waals surface area contributed by atoms with E-state index in [-0.39, 0.29) is 0 Å². The monoisotopic (exact) mass is 228 g/mol. The Bertz CT molecular complexity index is 379. The first-order valence-corrected chi connectivity index (χ1v) is 5.56. The normalized spacial score (nSPS) is 24.9. The molecule has 0 radical (unpaired) electrons. The molecule has 0 bridgehead atoms. The molecule has 0 amide bonds. The van der Waals surface area contributed by atoms with Crippen LogP contribution in [-0.4, -0.2) is 0 Å². The molecule has 2 atom stereocenters. The van der Waals surface area contributed by atoms with Gasteiger partial charge in [-0.1, -0.05) is 32.0 Å². The van der Waals surface area contributed by atoms with E-state index in [0.717, 1.165) is 18.1 Å². The Hall–Kier alpha value is -0.990. The molecule has 0 N–H and O–H groups in total. The molecule has 1 aliphatic rings. The molecule has 1 aromatic rings. The first kappa shape index (κ1) is 11.5. The summed E-state index contributed by atoms with van der Waals surface area (Å²) in [5, 5.41) is 0. The largest absolute Gasteiger partial charge is 0.416 e. The van der Waals surface area contributed by atoms with Gasteiger partial charge in [-0.3, -0.25) is 0 Å². The van der Waals surface area contributed by atoms with E-state index in [0.29, 0.717) is 17.8 Å². The first-order chi connectivity index (χ1) is 7.39. The number of benzene rings is 1. The van der Waals surface area contributed by atoms with Gasteiger partial charge in [0.25, 0.3) is 0 Å². The molecular weight excluding hydrogens is 213 g/mol. The molecule has 3 heteroatoms. The van der Waals surface area contributed by atoms with Gasteiger partial charge in [-0.2, -0.15) is 13.2 Å². The molecule has 1 aliphatic carbocycles. The zero-order valence-corrected chi connectivity index (χ0v) is 9.38. The lowest BCUT2D eigenvalue weighted by Crippen LogP contribution is -2.05. The van der Waals surface area contributed by atoms with E-state index >= 15 is 0 Å². The van der Waals surface area contributed by atoms with Crippen molar-refractivity contribution in [3.63, 3.8) is 0 Å². The molecule has 0 heterocycles. The summed E-state index contributed by atoms with van der Waals surface area (Å²) < 4.78 is 37.5. The van der Waals surface area contributed by atoms with Crippen LogP contribution in [0.5, 0.6) is 0 Å². The van der Waals surface area contributed by atoms with Crippen molar-refractivity contribution in [2.45, 2.75) is 32.4 Å². The summed E-state index contributed by atoms with van der Waals surface area (Å²) in [4.78, 5) is 0. The Balaban J connectivity index is 2.19. The summed E-state index contributed by atoms with van der Waals surface area (Å²) in [6, 6.07) is 5.75. The molecule has 1 saturated carbocycles. The Morgan fingerprint density at radius 3 is 2.44 bits per heavy atom. The van der Waals surface area contributed by atoms with Crippen LogP contribution >= 0.6 is 0 Å². The zero-order valence-electron chi connectivity index (χ0n) is 9.38. The number of alkyl halides is 3. The topological polar surface area (TPSA) is 0 Å². The summed E-state index contributed by atoms with van der Waals surface area (Å²) in [6.45, 7) is 4.25. The van der Waals surface area contributed by atoms with Crippen molar-refractivity contribution in [3.05, 3.63) is 35.4 Å². The van der Waals surface area contributed by atoms with E-state index < -0.39 is 11.7 Å². The molecule has 88 valence electrons. The van der Waals surface area contributed by atoms with Gasteiger partial charge in [0, 0.05) is 0 Å². The fourth-order valence-electron chi connectivity index (χ4n) is 2.28.